The standard InChI is InChI=1S/C20H25ClN8O2/c1-3-22-20(24-15-7-8-17-25-16(12-30-2)27-29(17)11-15)23-10-18-26-19(28-31-18)13-5-4-6-14(21)9-13/h4-6,9,15H,3,7-8,10-12H2,1-2H3,(H2,22,23,24). The molecular weight excluding hydrogens is 420 g/mol. The van der Waals surface area contributed by atoms with Crippen molar-refractivity contribution in [2.24, 2.45) is 4.99 Å². The molecule has 3 heterocycles. The van der Waals surface area contributed by atoms with Crippen LogP contribution in [0.25, 0.3) is 11.4 Å². The Hall–Kier alpha value is -2.98. The molecule has 2 aromatic heterocycles. The highest BCUT2D eigenvalue weighted by Gasteiger charge is 2.22. The number of halogens is 1. The molecular formula is C20H25ClN8O2. The van der Waals surface area contributed by atoms with E-state index >= 15 is 0 Å². The van der Waals surface area contributed by atoms with Crippen LogP contribution < -0.4 is 10.6 Å². The lowest BCUT2D eigenvalue weighted by Crippen LogP contribution is -2.47. The molecule has 1 unspecified atom stereocenters. The number of ether oxygens (including phenoxy) is 1. The molecule has 0 amide bonds. The molecule has 164 valence electrons. The Labute approximate surface area is 185 Å². The van der Waals surface area contributed by atoms with Gasteiger partial charge in [0.05, 0.1) is 6.54 Å². The lowest BCUT2D eigenvalue weighted by Gasteiger charge is -2.25. The van der Waals surface area contributed by atoms with E-state index in [4.69, 9.17) is 20.9 Å². The SMILES string of the molecule is CCNC(=NCc1nc(-c2cccc(Cl)c2)no1)NC1CCc2nc(COC)nn2C1. The van der Waals surface area contributed by atoms with Crippen LogP contribution in [-0.2, 0) is 30.9 Å². The molecule has 0 aliphatic carbocycles. The van der Waals surface area contributed by atoms with Gasteiger partial charge in [-0.15, -0.1) is 0 Å². The molecule has 3 aromatic rings. The Morgan fingerprint density at radius 2 is 2.29 bits per heavy atom. The highest BCUT2D eigenvalue weighted by atomic mass is 35.5. The maximum Gasteiger partial charge on any atom is 0.248 e. The molecule has 2 N–H and O–H groups in total. The normalized spacial score (nSPS) is 16.2. The summed E-state index contributed by atoms with van der Waals surface area (Å²) in [4.78, 5) is 13.5. The number of fused-ring (bicyclic) bond motifs is 1. The number of hydrogen-bond acceptors (Lipinski definition) is 7. The van der Waals surface area contributed by atoms with E-state index in [1.807, 2.05) is 23.7 Å². The first-order valence-electron chi connectivity index (χ1n) is 10.2. The van der Waals surface area contributed by atoms with E-state index in [-0.39, 0.29) is 12.6 Å². The third-order valence-electron chi connectivity index (χ3n) is 4.78. The number of guanidine groups is 1. The van der Waals surface area contributed by atoms with Crippen LogP contribution in [0.2, 0.25) is 5.02 Å². The Morgan fingerprint density at radius 1 is 1.39 bits per heavy atom. The van der Waals surface area contributed by atoms with Gasteiger partial charge >= 0.3 is 0 Å². The number of methoxy groups -OCH3 is 1. The first-order valence-corrected chi connectivity index (χ1v) is 10.6. The molecule has 1 aliphatic heterocycles. The van der Waals surface area contributed by atoms with E-state index in [9.17, 15) is 0 Å². The largest absolute Gasteiger partial charge is 0.377 e. The van der Waals surface area contributed by atoms with Crippen molar-refractivity contribution in [2.75, 3.05) is 13.7 Å². The van der Waals surface area contributed by atoms with Gasteiger partial charge in [0.25, 0.3) is 0 Å². The zero-order valence-corrected chi connectivity index (χ0v) is 18.3. The summed E-state index contributed by atoms with van der Waals surface area (Å²) in [5.41, 5.74) is 0.801. The van der Waals surface area contributed by atoms with Gasteiger partial charge in [-0.05, 0) is 25.5 Å². The third-order valence-corrected chi connectivity index (χ3v) is 5.02. The van der Waals surface area contributed by atoms with E-state index in [2.05, 4.69) is 35.8 Å². The van der Waals surface area contributed by atoms with Crippen LogP contribution in [0.3, 0.4) is 0 Å². The fraction of sp³-hybridized carbons (Fsp3) is 0.450. The molecule has 1 atom stereocenters. The second-order valence-electron chi connectivity index (χ2n) is 7.16. The maximum absolute atomic E-state index is 6.04. The van der Waals surface area contributed by atoms with Gasteiger partial charge < -0.3 is 19.9 Å². The zero-order valence-electron chi connectivity index (χ0n) is 17.5. The molecule has 1 aromatic carbocycles. The van der Waals surface area contributed by atoms with E-state index < -0.39 is 0 Å². The first kappa shape index (κ1) is 21.3. The van der Waals surface area contributed by atoms with Gasteiger partial charge in [-0.2, -0.15) is 10.1 Å². The second kappa shape index (κ2) is 9.88. The molecule has 31 heavy (non-hydrogen) atoms. The fourth-order valence-corrected chi connectivity index (χ4v) is 3.58. The first-order chi connectivity index (χ1) is 15.1. The predicted octanol–water partition coefficient (Wildman–Crippen LogP) is 2.20. The smallest absolute Gasteiger partial charge is 0.248 e. The number of benzene rings is 1. The summed E-state index contributed by atoms with van der Waals surface area (Å²) in [5.74, 6) is 3.31. The quantitative estimate of drug-likeness (QED) is 0.421. The number of hydrogen-bond donors (Lipinski definition) is 2. The average Bonchev–Trinajstić information content (AvgIpc) is 3.39. The Balaban J connectivity index is 1.39. The van der Waals surface area contributed by atoms with Crippen LogP contribution in [0.5, 0.6) is 0 Å². The van der Waals surface area contributed by atoms with Crippen molar-refractivity contribution in [2.45, 2.75) is 45.5 Å². The molecule has 10 nitrogen and oxygen atoms in total. The molecule has 0 saturated carbocycles. The van der Waals surface area contributed by atoms with Gasteiger partial charge in [0.2, 0.25) is 11.7 Å². The van der Waals surface area contributed by atoms with Crippen LogP contribution in [0.4, 0.5) is 0 Å². The molecule has 0 spiro atoms. The topological polar surface area (TPSA) is 115 Å². The van der Waals surface area contributed by atoms with Crippen LogP contribution in [0.1, 0.15) is 30.9 Å². The highest BCUT2D eigenvalue weighted by Crippen LogP contribution is 2.20. The summed E-state index contributed by atoms with van der Waals surface area (Å²) in [7, 11) is 1.64. The van der Waals surface area contributed by atoms with E-state index in [0.29, 0.717) is 35.1 Å². The van der Waals surface area contributed by atoms with Crippen LogP contribution in [0, 0.1) is 0 Å². The second-order valence-corrected chi connectivity index (χ2v) is 7.59. The minimum atomic E-state index is 0.187. The van der Waals surface area contributed by atoms with Crippen molar-refractivity contribution < 1.29 is 9.26 Å². The minimum Gasteiger partial charge on any atom is -0.377 e. The van der Waals surface area contributed by atoms with Crippen LogP contribution in [0.15, 0.2) is 33.8 Å². The highest BCUT2D eigenvalue weighted by molar-refractivity contribution is 6.30. The van der Waals surface area contributed by atoms with Crippen molar-refractivity contribution in [3.8, 4) is 11.4 Å². The minimum absolute atomic E-state index is 0.187. The molecule has 0 saturated heterocycles. The molecule has 0 fully saturated rings. The number of nitrogens with zero attached hydrogens (tertiary/aromatic N) is 6. The monoisotopic (exact) mass is 444 g/mol. The summed E-state index contributed by atoms with van der Waals surface area (Å²) >= 11 is 6.04. The van der Waals surface area contributed by atoms with Crippen molar-refractivity contribution >= 4 is 17.6 Å². The molecule has 1 aliphatic rings. The van der Waals surface area contributed by atoms with Crippen LogP contribution in [-0.4, -0.2) is 50.6 Å². The number of aromatic nitrogens is 5. The molecule has 4 rings (SSSR count). The number of rotatable bonds is 7. The summed E-state index contributed by atoms with van der Waals surface area (Å²) in [5, 5.41) is 15.9. The van der Waals surface area contributed by atoms with E-state index in [0.717, 1.165) is 37.3 Å². The Bertz CT molecular complexity index is 1050. The van der Waals surface area contributed by atoms with Gasteiger partial charge in [-0.25, -0.2) is 14.7 Å². The molecule has 0 bridgehead atoms. The van der Waals surface area contributed by atoms with Gasteiger partial charge in [-0.3, -0.25) is 0 Å². The Kier molecular flexibility index (Phi) is 6.78. The van der Waals surface area contributed by atoms with Crippen LogP contribution >= 0.6 is 11.6 Å². The fourth-order valence-electron chi connectivity index (χ4n) is 3.39. The average molecular weight is 445 g/mol. The third kappa shape index (κ3) is 5.39. The van der Waals surface area contributed by atoms with Crippen molar-refractivity contribution in [3.05, 3.63) is 46.8 Å². The van der Waals surface area contributed by atoms with Gasteiger partial charge in [-0.1, -0.05) is 28.9 Å². The summed E-state index contributed by atoms with van der Waals surface area (Å²) in [6.45, 7) is 4.17. The van der Waals surface area contributed by atoms with E-state index in [1.165, 1.54) is 0 Å². The van der Waals surface area contributed by atoms with Crippen molar-refractivity contribution in [3.63, 3.8) is 0 Å². The number of aliphatic imine (C=N–C) groups is 1. The summed E-state index contributed by atoms with van der Waals surface area (Å²) in [6.07, 6.45) is 1.79. The summed E-state index contributed by atoms with van der Waals surface area (Å²) in [6, 6.07) is 7.52. The van der Waals surface area contributed by atoms with Gasteiger partial charge in [0, 0.05) is 36.7 Å². The zero-order chi connectivity index (χ0) is 21.6. The lowest BCUT2D eigenvalue weighted by molar-refractivity contribution is 0.177. The maximum atomic E-state index is 6.04. The predicted molar refractivity (Wildman–Crippen MR) is 116 cm³/mol. The number of nitrogens with one attached hydrogen (secondary N) is 2. The summed E-state index contributed by atoms with van der Waals surface area (Å²) < 4.78 is 12.4. The molecule has 0 radical (unpaired) electrons. The Morgan fingerprint density at radius 3 is 3.10 bits per heavy atom. The molecule has 11 heteroatoms. The van der Waals surface area contributed by atoms with Crippen molar-refractivity contribution in [1.29, 1.82) is 0 Å². The lowest BCUT2D eigenvalue weighted by atomic mass is 10.1. The van der Waals surface area contributed by atoms with Gasteiger partial charge in [0.1, 0.15) is 19.0 Å². The van der Waals surface area contributed by atoms with Crippen molar-refractivity contribution in [1.82, 2.24) is 35.5 Å². The van der Waals surface area contributed by atoms with Gasteiger partial charge in [0.15, 0.2) is 11.8 Å². The number of aryl methyl sites for hydroxylation is 1. The van der Waals surface area contributed by atoms with E-state index in [1.54, 1.807) is 19.2 Å².